The molecule has 5 rings (SSSR count). The molecule has 2 amide bonds. The molecule has 1 aliphatic carbocycles. The van der Waals surface area contributed by atoms with Crippen molar-refractivity contribution in [2.24, 2.45) is 0 Å². The molecule has 3 heterocycles. The van der Waals surface area contributed by atoms with Crippen LogP contribution >= 0.6 is 0 Å². The maximum Gasteiger partial charge on any atom is 0.271 e. The van der Waals surface area contributed by atoms with E-state index in [-0.39, 0.29) is 36.8 Å². The predicted molar refractivity (Wildman–Crippen MR) is 131 cm³/mol. The third kappa shape index (κ3) is 4.51. The van der Waals surface area contributed by atoms with Crippen LogP contribution in [0.25, 0.3) is 11.5 Å². The Kier molecular flexibility index (Phi) is 6.50. The van der Waals surface area contributed by atoms with Gasteiger partial charge in [-0.3, -0.25) is 9.59 Å². The van der Waals surface area contributed by atoms with Crippen LogP contribution in [0.2, 0.25) is 0 Å². The van der Waals surface area contributed by atoms with E-state index < -0.39 is 5.54 Å². The number of hydrogen-bond donors (Lipinski definition) is 1. The molecule has 1 saturated carbocycles. The third-order valence-electron chi connectivity index (χ3n) is 7.50. The maximum atomic E-state index is 14.6. The highest BCUT2D eigenvalue weighted by Gasteiger charge is 2.48. The summed E-state index contributed by atoms with van der Waals surface area (Å²) in [4.78, 5) is 29.2. The summed E-state index contributed by atoms with van der Waals surface area (Å²) in [6.45, 7) is 2.06. The van der Waals surface area contributed by atoms with Crippen LogP contribution in [0.1, 0.15) is 67.9 Å². The molecule has 1 atom stereocenters. The van der Waals surface area contributed by atoms with Gasteiger partial charge < -0.3 is 19.2 Å². The minimum Gasteiger partial charge on any atom is -0.463 e. The highest BCUT2D eigenvalue weighted by atomic mass is 19.1. The molecular weight excluding hydrogens is 445 g/mol. The number of halogens is 1. The van der Waals surface area contributed by atoms with Gasteiger partial charge in [0.15, 0.2) is 0 Å². The Balaban J connectivity index is 1.51. The normalized spacial score (nSPS) is 21.3. The number of aromatic nitrogens is 1. The molecular formula is C28H32FN3O3. The first-order valence-electron chi connectivity index (χ1n) is 12.6. The average molecular weight is 478 g/mol. The van der Waals surface area contributed by atoms with Crippen molar-refractivity contribution in [3.8, 4) is 11.5 Å². The quantitative estimate of drug-likeness (QED) is 0.525. The molecule has 1 N–H and O–H groups in total. The number of furan rings is 1. The van der Waals surface area contributed by atoms with Crippen LogP contribution in [-0.4, -0.2) is 32.9 Å². The monoisotopic (exact) mass is 477 g/mol. The lowest BCUT2D eigenvalue weighted by Gasteiger charge is -2.45. The lowest BCUT2D eigenvalue weighted by Crippen LogP contribution is -2.64. The molecule has 0 saturated heterocycles. The van der Waals surface area contributed by atoms with Gasteiger partial charge in [0.1, 0.15) is 22.8 Å². The molecule has 6 nitrogen and oxygen atoms in total. The second-order valence-electron chi connectivity index (χ2n) is 9.94. The number of fused-ring (bicyclic) bond motifs is 1. The molecule has 3 aromatic rings. The third-order valence-corrected chi connectivity index (χ3v) is 7.50. The second-order valence-corrected chi connectivity index (χ2v) is 9.94. The molecule has 184 valence electrons. The Hall–Kier alpha value is -3.35. The van der Waals surface area contributed by atoms with E-state index in [2.05, 4.69) is 5.32 Å². The standard InChI is InChI=1S/C28H32FN3O3/c1-28(27(34)30-21-11-5-3-2-4-6-12-21)19-31-23(25-14-9-17-35-25)15-16-24(31)26(33)32(28)18-20-10-7-8-13-22(20)29/h7-10,13-17,21H,2-6,11-12,18-19H2,1H3,(H,30,34). The Morgan fingerprint density at radius 1 is 1.03 bits per heavy atom. The summed E-state index contributed by atoms with van der Waals surface area (Å²) >= 11 is 0. The smallest absolute Gasteiger partial charge is 0.271 e. The van der Waals surface area contributed by atoms with Crippen molar-refractivity contribution >= 4 is 11.8 Å². The second kappa shape index (κ2) is 9.72. The molecule has 1 unspecified atom stereocenters. The van der Waals surface area contributed by atoms with Gasteiger partial charge in [0, 0.05) is 11.6 Å². The summed E-state index contributed by atoms with van der Waals surface area (Å²) in [7, 11) is 0. The summed E-state index contributed by atoms with van der Waals surface area (Å²) in [5.41, 5.74) is 0.393. The van der Waals surface area contributed by atoms with Crippen LogP contribution in [0.3, 0.4) is 0 Å². The molecule has 1 fully saturated rings. The van der Waals surface area contributed by atoms with Crippen molar-refractivity contribution in [2.45, 2.75) is 76.5 Å². The summed E-state index contributed by atoms with van der Waals surface area (Å²) < 4.78 is 22.1. The van der Waals surface area contributed by atoms with Crippen LogP contribution < -0.4 is 5.32 Å². The first-order valence-corrected chi connectivity index (χ1v) is 12.6. The first kappa shape index (κ1) is 23.4. The van der Waals surface area contributed by atoms with Crippen LogP contribution in [0, 0.1) is 5.82 Å². The number of nitrogens with one attached hydrogen (secondary N) is 1. The predicted octanol–water partition coefficient (Wildman–Crippen LogP) is 5.53. The molecule has 0 bridgehead atoms. The van der Waals surface area contributed by atoms with Crippen molar-refractivity contribution in [3.05, 3.63) is 71.9 Å². The van der Waals surface area contributed by atoms with Crippen molar-refractivity contribution in [1.29, 1.82) is 0 Å². The number of carbonyl (C=O) groups is 2. The fourth-order valence-corrected chi connectivity index (χ4v) is 5.40. The van der Waals surface area contributed by atoms with Crippen molar-refractivity contribution in [2.75, 3.05) is 0 Å². The average Bonchev–Trinajstić information content (AvgIpc) is 3.49. The Morgan fingerprint density at radius 2 is 1.74 bits per heavy atom. The zero-order valence-electron chi connectivity index (χ0n) is 20.1. The lowest BCUT2D eigenvalue weighted by molar-refractivity contribution is -0.134. The number of rotatable bonds is 5. The van der Waals surface area contributed by atoms with Gasteiger partial charge >= 0.3 is 0 Å². The van der Waals surface area contributed by atoms with E-state index in [0.29, 0.717) is 17.0 Å². The topological polar surface area (TPSA) is 67.5 Å². The van der Waals surface area contributed by atoms with E-state index in [4.69, 9.17) is 4.42 Å². The summed E-state index contributed by atoms with van der Waals surface area (Å²) in [5.74, 6) is -0.250. The highest BCUT2D eigenvalue weighted by Crippen LogP contribution is 2.35. The molecule has 2 aliphatic rings. The molecule has 0 spiro atoms. The van der Waals surface area contributed by atoms with Gasteiger partial charge in [-0.2, -0.15) is 0 Å². The number of nitrogens with zero attached hydrogens (tertiary/aromatic N) is 2. The lowest BCUT2D eigenvalue weighted by atomic mass is 9.91. The highest BCUT2D eigenvalue weighted by molar-refractivity contribution is 6.00. The minimum atomic E-state index is -1.20. The van der Waals surface area contributed by atoms with Crippen LogP contribution in [0.15, 0.2) is 59.2 Å². The van der Waals surface area contributed by atoms with E-state index in [1.165, 1.54) is 30.2 Å². The fourth-order valence-electron chi connectivity index (χ4n) is 5.40. The van der Waals surface area contributed by atoms with Crippen molar-refractivity contribution < 1.29 is 18.4 Å². The molecule has 7 heteroatoms. The van der Waals surface area contributed by atoms with Crippen LogP contribution in [0.4, 0.5) is 4.39 Å². The van der Waals surface area contributed by atoms with Gasteiger partial charge in [0.2, 0.25) is 5.91 Å². The van der Waals surface area contributed by atoms with E-state index in [1.54, 1.807) is 43.5 Å². The van der Waals surface area contributed by atoms with E-state index in [1.807, 2.05) is 16.7 Å². The summed E-state index contributed by atoms with van der Waals surface area (Å²) in [6.07, 6.45) is 9.25. The Bertz CT molecular complexity index is 1190. The van der Waals surface area contributed by atoms with Gasteiger partial charge in [0.05, 0.1) is 25.0 Å². The number of amides is 2. The minimum absolute atomic E-state index is 0.0152. The van der Waals surface area contributed by atoms with E-state index in [9.17, 15) is 14.0 Å². The molecule has 1 aliphatic heterocycles. The van der Waals surface area contributed by atoms with Crippen molar-refractivity contribution in [1.82, 2.24) is 14.8 Å². The van der Waals surface area contributed by atoms with Gasteiger partial charge in [-0.15, -0.1) is 0 Å². The SMILES string of the molecule is CC1(C(=O)NC2CCCCCCC2)Cn2c(ccc2-c2ccco2)C(=O)N1Cc1ccccc1F. The van der Waals surface area contributed by atoms with Crippen molar-refractivity contribution in [3.63, 3.8) is 0 Å². The number of benzene rings is 1. The number of carbonyl (C=O) groups excluding carboxylic acids is 2. The fraction of sp³-hybridized carbons (Fsp3) is 0.429. The van der Waals surface area contributed by atoms with Gasteiger partial charge in [-0.05, 0) is 50.1 Å². The summed E-state index contributed by atoms with van der Waals surface area (Å²) in [6, 6.07) is 13.7. The first-order chi connectivity index (χ1) is 17.0. The van der Waals surface area contributed by atoms with Crippen LogP contribution in [0.5, 0.6) is 0 Å². The Morgan fingerprint density at radius 3 is 2.46 bits per heavy atom. The largest absolute Gasteiger partial charge is 0.463 e. The molecule has 1 aromatic carbocycles. The number of hydrogen-bond acceptors (Lipinski definition) is 3. The summed E-state index contributed by atoms with van der Waals surface area (Å²) in [5, 5.41) is 3.26. The van der Waals surface area contributed by atoms with Gasteiger partial charge in [-0.1, -0.05) is 50.3 Å². The van der Waals surface area contributed by atoms with E-state index >= 15 is 0 Å². The van der Waals surface area contributed by atoms with Crippen LogP contribution in [-0.2, 0) is 17.9 Å². The maximum absolute atomic E-state index is 14.6. The van der Waals surface area contributed by atoms with E-state index in [0.717, 1.165) is 31.4 Å². The Labute approximate surface area is 205 Å². The van der Waals surface area contributed by atoms with Gasteiger partial charge in [0.25, 0.3) is 5.91 Å². The molecule has 35 heavy (non-hydrogen) atoms. The van der Waals surface area contributed by atoms with Gasteiger partial charge in [-0.25, -0.2) is 4.39 Å². The zero-order chi connectivity index (χ0) is 24.4. The zero-order valence-corrected chi connectivity index (χ0v) is 20.1. The molecule has 2 aromatic heterocycles. The molecule has 0 radical (unpaired) electrons.